The second-order valence-electron chi connectivity index (χ2n) is 5.68. The quantitative estimate of drug-likeness (QED) is 0.757. The monoisotopic (exact) mass is 310 g/mol. The van der Waals surface area contributed by atoms with Gasteiger partial charge in [-0.05, 0) is 49.4 Å². The number of anilines is 1. The maximum absolute atomic E-state index is 11.9. The van der Waals surface area contributed by atoms with Crippen molar-refractivity contribution >= 4 is 23.2 Å². The second-order valence-corrected chi connectivity index (χ2v) is 6.11. The molecule has 1 amide bonds. The van der Waals surface area contributed by atoms with Gasteiger partial charge in [0.2, 0.25) is 5.91 Å². The highest BCUT2D eigenvalue weighted by molar-refractivity contribution is 6.30. The summed E-state index contributed by atoms with van der Waals surface area (Å²) in [5, 5.41) is 16.0. The predicted molar refractivity (Wildman–Crippen MR) is 85.5 cm³/mol. The number of rotatable bonds is 6. The van der Waals surface area contributed by atoms with Crippen molar-refractivity contribution in [1.82, 2.24) is 5.32 Å². The zero-order chi connectivity index (χ0) is 15.1. The summed E-state index contributed by atoms with van der Waals surface area (Å²) in [4.78, 5) is 11.9. The lowest BCUT2D eigenvalue weighted by Gasteiger charge is -2.30. The Labute approximate surface area is 130 Å². The maximum Gasteiger partial charge on any atom is 0.238 e. The fraction of sp³-hybridized carbons (Fsp3) is 0.562. The van der Waals surface area contributed by atoms with E-state index in [9.17, 15) is 9.90 Å². The molecule has 1 aliphatic carbocycles. The van der Waals surface area contributed by atoms with Gasteiger partial charge in [0.25, 0.3) is 0 Å². The molecule has 116 valence electrons. The van der Waals surface area contributed by atoms with Gasteiger partial charge in [0.15, 0.2) is 0 Å². The van der Waals surface area contributed by atoms with Crippen LogP contribution in [-0.2, 0) is 4.79 Å². The molecule has 21 heavy (non-hydrogen) atoms. The van der Waals surface area contributed by atoms with Crippen molar-refractivity contribution in [3.8, 4) is 0 Å². The molecule has 0 aliphatic heterocycles. The summed E-state index contributed by atoms with van der Waals surface area (Å²) in [5.41, 5.74) is 0.709. The average Bonchev–Trinajstić information content (AvgIpc) is 2.47. The number of halogens is 1. The largest absolute Gasteiger partial charge is 0.396 e. The van der Waals surface area contributed by atoms with Crippen LogP contribution in [0.1, 0.15) is 25.7 Å². The molecule has 2 rings (SSSR count). The summed E-state index contributed by atoms with van der Waals surface area (Å²) in [6.45, 7) is 1.32. The third-order valence-corrected chi connectivity index (χ3v) is 4.34. The highest BCUT2D eigenvalue weighted by atomic mass is 35.5. The van der Waals surface area contributed by atoms with Crippen molar-refractivity contribution in [2.45, 2.75) is 25.7 Å². The lowest BCUT2D eigenvalue weighted by Crippen LogP contribution is -2.36. The van der Waals surface area contributed by atoms with E-state index < -0.39 is 0 Å². The van der Waals surface area contributed by atoms with Crippen molar-refractivity contribution in [2.75, 3.05) is 25.0 Å². The van der Waals surface area contributed by atoms with Crippen molar-refractivity contribution in [3.05, 3.63) is 29.3 Å². The first-order chi connectivity index (χ1) is 10.2. The number of aliphatic hydroxyl groups is 1. The summed E-state index contributed by atoms with van der Waals surface area (Å²) in [7, 11) is 0. The zero-order valence-electron chi connectivity index (χ0n) is 12.1. The molecule has 2 atom stereocenters. The van der Waals surface area contributed by atoms with Crippen molar-refractivity contribution in [1.29, 1.82) is 0 Å². The Hall–Kier alpha value is -1.10. The van der Waals surface area contributed by atoms with Crippen LogP contribution in [0.5, 0.6) is 0 Å². The Kier molecular flexibility index (Phi) is 6.49. The predicted octanol–water partition coefficient (Wildman–Crippen LogP) is 2.67. The molecule has 5 heteroatoms. The topological polar surface area (TPSA) is 61.4 Å². The number of carbonyl (C=O) groups excluding carboxylic acids is 1. The minimum absolute atomic E-state index is 0.0753. The first-order valence-corrected chi connectivity index (χ1v) is 7.94. The van der Waals surface area contributed by atoms with E-state index in [-0.39, 0.29) is 19.1 Å². The lowest BCUT2D eigenvalue weighted by atomic mass is 9.79. The van der Waals surface area contributed by atoms with Gasteiger partial charge < -0.3 is 15.7 Å². The molecule has 4 nitrogen and oxygen atoms in total. The van der Waals surface area contributed by atoms with Gasteiger partial charge in [-0.25, -0.2) is 0 Å². The van der Waals surface area contributed by atoms with Crippen LogP contribution in [0, 0.1) is 11.8 Å². The van der Waals surface area contributed by atoms with Gasteiger partial charge in [-0.3, -0.25) is 4.79 Å². The molecule has 1 saturated carbocycles. The van der Waals surface area contributed by atoms with Crippen LogP contribution in [0.3, 0.4) is 0 Å². The van der Waals surface area contributed by atoms with Crippen LogP contribution in [-0.4, -0.2) is 30.7 Å². The second kappa shape index (κ2) is 8.37. The van der Waals surface area contributed by atoms with Crippen molar-refractivity contribution in [3.63, 3.8) is 0 Å². The van der Waals surface area contributed by atoms with Gasteiger partial charge in [-0.15, -0.1) is 0 Å². The number of aliphatic hydroxyl groups excluding tert-OH is 1. The van der Waals surface area contributed by atoms with E-state index in [2.05, 4.69) is 10.6 Å². The van der Waals surface area contributed by atoms with Gasteiger partial charge in [-0.1, -0.05) is 30.5 Å². The summed E-state index contributed by atoms with van der Waals surface area (Å²) in [6.07, 6.45) is 4.65. The lowest BCUT2D eigenvalue weighted by molar-refractivity contribution is -0.115. The van der Waals surface area contributed by atoms with Crippen LogP contribution < -0.4 is 10.6 Å². The first-order valence-electron chi connectivity index (χ1n) is 7.56. The van der Waals surface area contributed by atoms with E-state index in [0.717, 1.165) is 19.4 Å². The van der Waals surface area contributed by atoms with Crippen LogP contribution in [0.25, 0.3) is 0 Å². The fourth-order valence-corrected chi connectivity index (χ4v) is 3.13. The SMILES string of the molecule is O=C(CNCC1CCCCC1CO)Nc1cccc(Cl)c1. The Bertz CT molecular complexity index is 467. The number of nitrogens with one attached hydrogen (secondary N) is 2. The van der Waals surface area contributed by atoms with E-state index in [4.69, 9.17) is 11.6 Å². The van der Waals surface area contributed by atoms with Crippen LogP contribution >= 0.6 is 11.6 Å². The summed E-state index contributed by atoms with van der Waals surface area (Å²) in [6, 6.07) is 7.11. The first kappa shape index (κ1) is 16.3. The molecule has 0 saturated heterocycles. The fourth-order valence-electron chi connectivity index (χ4n) is 2.94. The van der Waals surface area contributed by atoms with Crippen molar-refractivity contribution < 1.29 is 9.90 Å². The maximum atomic E-state index is 11.9. The molecule has 0 radical (unpaired) electrons. The number of amides is 1. The summed E-state index contributed by atoms with van der Waals surface area (Å²) in [5.74, 6) is 0.776. The number of carbonyl (C=O) groups is 1. The molecule has 0 bridgehead atoms. The average molecular weight is 311 g/mol. The van der Waals surface area contributed by atoms with E-state index in [1.807, 2.05) is 6.07 Å². The molecule has 3 N–H and O–H groups in total. The Morgan fingerprint density at radius 2 is 2.05 bits per heavy atom. The molecule has 2 unspecified atom stereocenters. The molecule has 1 aromatic carbocycles. The molecule has 1 fully saturated rings. The molecule has 0 aromatic heterocycles. The zero-order valence-corrected chi connectivity index (χ0v) is 12.9. The number of hydrogen-bond acceptors (Lipinski definition) is 3. The van der Waals surface area contributed by atoms with Crippen LogP contribution in [0.2, 0.25) is 5.02 Å². The minimum Gasteiger partial charge on any atom is -0.396 e. The van der Waals surface area contributed by atoms with Crippen LogP contribution in [0.4, 0.5) is 5.69 Å². The minimum atomic E-state index is -0.0753. The van der Waals surface area contributed by atoms with Gasteiger partial charge in [0.1, 0.15) is 0 Å². The van der Waals surface area contributed by atoms with E-state index in [1.54, 1.807) is 18.2 Å². The Balaban J connectivity index is 1.71. The van der Waals surface area contributed by atoms with E-state index in [0.29, 0.717) is 22.5 Å². The third-order valence-electron chi connectivity index (χ3n) is 4.10. The summed E-state index contributed by atoms with van der Waals surface area (Å²) < 4.78 is 0. The molecule has 1 aromatic rings. The number of hydrogen-bond donors (Lipinski definition) is 3. The highest BCUT2D eigenvalue weighted by Gasteiger charge is 2.24. The molecule has 0 spiro atoms. The smallest absolute Gasteiger partial charge is 0.238 e. The molecular weight excluding hydrogens is 288 g/mol. The standard InChI is InChI=1S/C16H23ClN2O2/c17-14-6-3-7-15(8-14)19-16(21)10-18-9-12-4-1-2-5-13(12)11-20/h3,6-8,12-13,18,20H,1-2,4-5,9-11H2,(H,19,21). The Morgan fingerprint density at radius 3 is 2.76 bits per heavy atom. The van der Waals surface area contributed by atoms with Crippen LogP contribution in [0.15, 0.2) is 24.3 Å². The van der Waals surface area contributed by atoms with E-state index in [1.165, 1.54) is 12.8 Å². The highest BCUT2D eigenvalue weighted by Crippen LogP contribution is 2.28. The normalized spacial score (nSPS) is 22.0. The van der Waals surface area contributed by atoms with Gasteiger partial charge >= 0.3 is 0 Å². The number of benzene rings is 1. The van der Waals surface area contributed by atoms with Gasteiger partial charge in [-0.2, -0.15) is 0 Å². The van der Waals surface area contributed by atoms with Gasteiger partial charge in [0, 0.05) is 17.3 Å². The Morgan fingerprint density at radius 1 is 1.29 bits per heavy atom. The molecule has 1 aliphatic rings. The molecule has 0 heterocycles. The summed E-state index contributed by atoms with van der Waals surface area (Å²) >= 11 is 5.88. The van der Waals surface area contributed by atoms with Gasteiger partial charge in [0.05, 0.1) is 6.54 Å². The van der Waals surface area contributed by atoms with Crippen molar-refractivity contribution in [2.24, 2.45) is 11.8 Å². The molecular formula is C16H23ClN2O2. The van der Waals surface area contributed by atoms with E-state index >= 15 is 0 Å². The third kappa shape index (κ3) is 5.30.